The van der Waals surface area contributed by atoms with E-state index < -0.39 is 16.3 Å². The van der Waals surface area contributed by atoms with Crippen LogP contribution in [-0.4, -0.2) is 39.9 Å². The van der Waals surface area contributed by atoms with E-state index in [1.165, 1.54) is 6.07 Å². The van der Waals surface area contributed by atoms with Gasteiger partial charge in [0.1, 0.15) is 0 Å². The minimum absolute atomic E-state index is 0.0222. The van der Waals surface area contributed by atoms with Crippen molar-refractivity contribution in [3.8, 4) is 0 Å². The second-order valence-electron chi connectivity index (χ2n) is 7.42. The molecule has 0 aromatic heterocycles. The lowest BCUT2D eigenvalue weighted by atomic mass is 9.81. The van der Waals surface area contributed by atoms with Crippen LogP contribution in [0.25, 0.3) is 0 Å². The monoisotopic (exact) mass is 346 g/mol. The van der Waals surface area contributed by atoms with Crippen molar-refractivity contribution in [3.05, 3.63) is 39.4 Å². The second kappa shape index (κ2) is 6.13. The molecule has 0 bridgehead atoms. The number of amides is 1. The molecule has 1 amide bonds. The van der Waals surface area contributed by atoms with E-state index in [0.29, 0.717) is 18.5 Å². The highest BCUT2D eigenvalue weighted by molar-refractivity contribution is 5.96. The molecule has 25 heavy (non-hydrogen) atoms. The Morgan fingerprint density at radius 2 is 2.12 bits per heavy atom. The third kappa shape index (κ3) is 2.77. The predicted octanol–water partition coefficient (Wildman–Crippen LogP) is 3.05. The molecule has 0 radical (unpaired) electrons. The third-order valence-corrected chi connectivity index (χ3v) is 5.68. The molecule has 1 aromatic rings. The van der Waals surface area contributed by atoms with Gasteiger partial charge in [-0.2, -0.15) is 0 Å². The standard InChI is InChI=1S/C18H22N2O5/c1-11(2)14-6-5-12(8-15(14)20(24)25)16(21)19-9-13-4-3-7-18(13,10-19)17(22)23/h5-6,8,11,13H,3-4,7,9-10H2,1-2H3,(H,22,23)/t13-,18+/m0/s1. The number of benzene rings is 1. The van der Waals surface area contributed by atoms with Crippen LogP contribution in [-0.2, 0) is 4.79 Å². The van der Waals surface area contributed by atoms with E-state index in [2.05, 4.69) is 0 Å². The summed E-state index contributed by atoms with van der Waals surface area (Å²) in [5.74, 6) is -1.22. The number of likely N-dealkylation sites (tertiary alicyclic amines) is 1. The van der Waals surface area contributed by atoms with E-state index in [1.54, 1.807) is 17.0 Å². The van der Waals surface area contributed by atoms with Gasteiger partial charge >= 0.3 is 5.97 Å². The lowest BCUT2D eigenvalue weighted by Gasteiger charge is -2.23. The molecule has 1 saturated heterocycles. The van der Waals surface area contributed by atoms with Crippen LogP contribution < -0.4 is 0 Å². The average Bonchev–Trinajstić information content (AvgIpc) is 3.11. The lowest BCUT2D eigenvalue weighted by molar-refractivity contribution is -0.385. The number of carbonyl (C=O) groups is 2. The molecule has 1 aromatic carbocycles. The van der Waals surface area contributed by atoms with Gasteiger partial charge in [0.15, 0.2) is 0 Å². The minimum atomic E-state index is -0.848. The van der Waals surface area contributed by atoms with Crippen LogP contribution >= 0.6 is 0 Å². The Hall–Kier alpha value is -2.44. The molecule has 2 fully saturated rings. The molecule has 1 aliphatic carbocycles. The van der Waals surface area contributed by atoms with E-state index in [1.807, 2.05) is 13.8 Å². The highest BCUT2D eigenvalue weighted by atomic mass is 16.6. The minimum Gasteiger partial charge on any atom is -0.481 e. The van der Waals surface area contributed by atoms with Crippen LogP contribution in [0.3, 0.4) is 0 Å². The number of fused-ring (bicyclic) bond motifs is 1. The Labute approximate surface area is 145 Å². The van der Waals surface area contributed by atoms with E-state index >= 15 is 0 Å². The van der Waals surface area contributed by atoms with Crippen molar-refractivity contribution in [3.63, 3.8) is 0 Å². The Morgan fingerprint density at radius 1 is 1.40 bits per heavy atom. The molecule has 2 atom stereocenters. The number of nitrogens with zero attached hydrogens (tertiary/aromatic N) is 2. The molecule has 0 spiro atoms. The van der Waals surface area contributed by atoms with Crippen molar-refractivity contribution >= 4 is 17.6 Å². The first-order chi connectivity index (χ1) is 11.8. The van der Waals surface area contributed by atoms with Gasteiger partial charge in [-0.3, -0.25) is 19.7 Å². The summed E-state index contributed by atoms with van der Waals surface area (Å²) in [6.45, 7) is 4.32. The molecular weight excluding hydrogens is 324 g/mol. The van der Waals surface area contributed by atoms with Crippen molar-refractivity contribution in [2.75, 3.05) is 13.1 Å². The third-order valence-electron chi connectivity index (χ3n) is 5.68. The van der Waals surface area contributed by atoms with Crippen LogP contribution in [0.1, 0.15) is 54.9 Å². The van der Waals surface area contributed by atoms with E-state index in [-0.39, 0.29) is 35.5 Å². The topological polar surface area (TPSA) is 101 Å². The summed E-state index contributed by atoms with van der Waals surface area (Å²) in [6, 6.07) is 4.55. The Kier molecular flexibility index (Phi) is 4.26. The Balaban J connectivity index is 1.88. The molecule has 2 aliphatic rings. The van der Waals surface area contributed by atoms with Gasteiger partial charge in [0.2, 0.25) is 0 Å². The fourth-order valence-electron chi connectivity index (χ4n) is 4.30. The number of carboxylic acid groups (broad SMARTS) is 1. The van der Waals surface area contributed by atoms with Gasteiger partial charge in [-0.25, -0.2) is 0 Å². The molecule has 7 nitrogen and oxygen atoms in total. The largest absolute Gasteiger partial charge is 0.481 e. The summed E-state index contributed by atoms with van der Waals surface area (Å²) in [7, 11) is 0. The molecule has 1 saturated carbocycles. The van der Waals surface area contributed by atoms with Gasteiger partial charge in [0.25, 0.3) is 11.6 Å². The first kappa shape index (κ1) is 17.4. The zero-order valence-electron chi connectivity index (χ0n) is 14.4. The van der Waals surface area contributed by atoms with Crippen molar-refractivity contribution in [1.29, 1.82) is 0 Å². The van der Waals surface area contributed by atoms with Crippen molar-refractivity contribution in [2.24, 2.45) is 11.3 Å². The molecule has 7 heteroatoms. The SMILES string of the molecule is CC(C)c1ccc(C(=O)N2C[C@@H]3CCC[C@@]3(C(=O)O)C2)cc1[N+](=O)[O-]. The summed E-state index contributed by atoms with van der Waals surface area (Å²) in [5, 5.41) is 21.0. The molecular formula is C18H22N2O5. The zero-order valence-corrected chi connectivity index (χ0v) is 14.4. The maximum absolute atomic E-state index is 12.8. The smallest absolute Gasteiger partial charge is 0.311 e. The zero-order chi connectivity index (χ0) is 18.4. The lowest BCUT2D eigenvalue weighted by Crippen LogP contribution is -2.37. The number of aliphatic carboxylic acids is 1. The maximum Gasteiger partial charge on any atom is 0.311 e. The normalized spacial score (nSPS) is 25.2. The second-order valence-corrected chi connectivity index (χ2v) is 7.42. The van der Waals surface area contributed by atoms with Crippen LogP contribution in [0.4, 0.5) is 5.69 Å². The fraction of sp³-hybridized carbons (Fsp3) is 0.556. The average molecular weight is 346 g/mol. The number of nitro groups is 1. The number of carboxylic acids is 1. The van der Waals surface area contributed by atoms with Gasteiger partial charge in [0, 0.05) is 30.3 Å². The molecule has 3 rings (SSSR count). The van der Waals surface area contributed by atoms with Crippen molar-refractivity contribution in [2.45, 2.75) is 39.0 Å². The van der Waals surface area contributed by atoms with Crippen LogP contribution in [0.5, 0.6) is 0 Å². The number of rotatable bonds is 4. The van der Waals surface area contributed by atoms with Gasteiger partial charge in [-0.1, -0.05) is 26.3 Å². The fourth-order valence-corrected chi connectivity index (χ4v) is 4.30. The van der Waals surface area contributed by atoms with Gasteiger partial charge in [0.05, 0.1) is 10.3 Å². The molecule has 1 N–H and O–H groups in total. The Bertz CT molecular complexity index is 745. The van der Waals surface area contributed by atoms with Crippen molar-refractivity contribution in [1.82, 2.24) is 4.90 Å². The maximum atomic E-state index is 12.8. The number of carbonyl (C=O) groups excluding carboxylic acids is 1. The summed E-state index contributed by atoms with van der Waals surface area (Å²) < 4.78 is 0. The first-order valence-electron chi connectivity index (χ1n) is 8.57. The van der Waals surface area contributed by atoms with Gasteiger partial charge in [-0.05, 0) is 30.7 Å². The number of hydrogen-bond acceptors (Lipinski definition) is 4. The summed E-state index contributed by atoms with van der Waals surface area (Å²) in [5.41, 5.74) is -0.0777. The van der Waals surface area contributed by atoms with Crippen LogP contribution in [0.15, 0.2) is 18.2 Å². The summed E-state index contributed by atoms with van der Waals surface area (Å²) >= 11 is 0. The molecule has 1 aliphatic heterocycles. The van der Waals surface area contributed by atoms with Gasteiger partial charge < -0.3 is 10.0 Å². The van der Waals surface area contributed by atoms with Gasteiger partial charge in [-0.15, -0.1) is 0 Å². The van der Waals surface area contributed by atoms with Crippen LogP contribution in [0, 0.1) is 21.4 Å². The highest BCUT2D eigenvalue weighted by Crippen LogP contribution is 2.49. The van der Waals surface area contributed by atoms with Crippen molar-refractivity contribution < 1.29 is 19.6 Å². The Morgan fingerprint density at radius 3 is 2.68 bits per heavy atom. The van der Waals surface area contributed by atoms with Crippen LogP contribution in [0.2, 0.25) is 0 Å². The predicted molar refractivity (Wildman–Crippen MR) is 90.5 cm³/mol. The quantitative estimate of drug-likeness (QED) is 0.667. The number of hydrogen-bond donors (Lipinski definition) is 1. The summed E-state index contributed by atoms with van der Waals surface area (Å²) in [4.78, 5) is 37.0. The van der Waals surface area contributed by atoms with E-state index in [9.17, 15) is 24.8 Å². The molecule has 0 unspecified atom stereocenters. The molecule has 1 heterocycles. The number of nitro benzene ring substituents is 1. The molecule has 134 valence electrons. The van der Waals surface area contributed by atoms with E-state index in [4.69, 9.17) is 0 Å². The first-order valence-corrected chi connectivity index (χ1v) is 8.57. The summed E-state index contributed by atoms with van der Waals surface area (Å²) in [6.07, 6.45) is 2.26. The van der Waals surface area contributed by atoms with E-state index in [0.717, 1.165) is 12.8 Å². The highest BCUT2D eigenvalue weighted by Gasteiger charge is 2.55.